The molecule has 0 unspecified atom stereocenters. The van der Waals surface area contributed by atoms with Crippen molar-refractivity contribution >= 4 is 17.5 Å². The smallest absolute Gasteiger partial charge is 0.257 e. The van der Waals surface area contributed by atoms with E-state index in [-0.39, 0.29) is 11.8 Å². The Balaban J connectivity index is 2.10. The van der Waals surface area contributed by atoms with E-state index in [0.717, 1.165) is 5.56 Å². The van der Waals surface area contributed by atoms with Crippen molar-refractivity contribution < 1.29 is 9.59 Å². The summed E-state index contributed by atoms with van der Waals surface area (Å²) in [5, 5.41) is 5.58. The van der Waals surface area contributed by atoms with Crippen molar-refractivity contribution in [2.45, 2.75) is 13.5 Å². The molecule has 22 heavy (non-hydrogen) atoms. The van der Waals surface area contributed by atoms with E-state index in [1.54, 1.807) is 31.3 Å². The Hall–Kier alpha value is -2.95. The summed E-state index contributed by atoms with van der Waals surface area (Å²) in [5.74, 6) is -0.458. The Morgan fingerprint density at radius 2 is 1.95 bits per heavy atom. The molecule has 1 heterocycles. The first-order chi connectivity index (χ1) is 10.6. The van der Waals surface area contributed by atoms with Crippen molar-refractivity contribution in [3.8, 4) is 0 Å². The van der Waals surface area contributed by atoms with Gasteiger partial charge in [0.05, 0.1) is 5.56 Å². The molecule has 1 aromatic carbocycles. The molecule has 0 aliphatic heterocycles. The van der Waals surface area contributed by atoms with Crippen LogP contribution in [0.4, 0.5) is 5.69 Å². The number of aromatic nitrogens is 1. The van der Waals surface area contributed by atoms with Crippen LogP contribution in [0.3, 0.4) is 0 Å². The van der Waals surface area contributed by atoms with E-state index in [2.05, 4.69) is 22.2 Å². The fraction of sp³-hybridized carbons (Fsp3) is 0.118. The fourth-order valence-corrected chi connectivity index (χ4v) is 1.81. The van der Waals surface area contributed by atoms with Crippen LogP contribution < -0.4 is 10.6 Å². The van der Waals surface area contributed by atoms with E-state index >= 15 is 0 Å². The molecular formula is C17H17N3O2. The monoisotopic (exact) mass is 295 g/mol. The van der Waals surface area contributed by atoms with Gasteiger partial charge in [-0.25, -0.2) is 0 Å². The lowest BCUT2D eigenvalue weighted by Crippen LogP contribution is -2.24. The lowest BCUT2D eigenvalue weighted by molar-refractivity contribution is -0.117. The Morgan fingerprint density at radius 3 is 2.64 bits per heavy atom. The number of hydrogen-bond donors (Lipinski definition) is 2. The number of carbonyl (C=O) groups is 2. The summed E-state index contributed by atoms with van der Waals surface area (Å²) in [5.41, 5.74) is 2.38. The van der Waals surface area contributed by atoms with Crippen molar-refractivity contribution in [2.24, 2.45) is 0 Å². The van der Waals surface area contributed by atoms with Crippen LogP contribution in [-0.4, -0.2) is 16.8 Å². The molecule has 0 saturated carbocycles. The molecule has 0 aliphatic carbocycles. The predicted molar refractivity (Wildman–Crippen MR) is 85.3 cm³/mol. The number of nitrogens with zero attached hydrogens (tertiary/aromatic N) is 1. The van der Waals surface area contributed by atoms with E-state index in [4.69, 9.17) is 0 Å². The van der Waals surface area contributed by atoms with Crippen LogP contribution in [0, 0.1) is 0 Å². The standard InChI is InChI=1S/C17H17N3O2/c1-12(2)16(21)19-11-13-6-3-4-8-15(13)20-17(22)14-7-5-9-18-10-14/h3-10H,1,11H2,2H3,(H,19,21)(H,20,22). The molecule has 2 N–H and O–H groups in total. The number of benzene rings is 1. The van der Waals surface area contributed by atoms with Crippen LogP contribution in [0.25, 0.3) is 0 Å². The van der Waals surface area contributed by atoms with Crippen LogP contribution in [0.15, 0.2) is 60.9 Å². The second kappa shape index (κ2) is 7.17. The third kappa shape index (κ3) is 4.02. The van der Waals surface area contributed by atoms with Gasteiger partial charge in [0.2, 0.25) is 5.91 Å². The third-order valence-corrected chi connectivity index (χ3v) is 3.02. The minimum absolute atomic E-state index is 0.214. The summed E-state index contributed by atoms with van der Waals surface area (Å²) in [6.45, 7) is 5.55. The molecule has 1 aromatic heterocycles. The summed E-state index contributed by atoms with van der Waals surface area (Å²) < 4.78 is 0. The molecule has 0 atom stereocenters. The Bertz CT molecular complexity index is 696. The van der Waals surface area contributed by atoms with Gasteiger partial charge in [0, 0.05) is 30.2 Å². The highest BCUT2D eigenvalue weighted by atomic mass is 16.2. The van der Waals surface area contributed by atoms with E-state index in [1.165, 1.54) is 6.20 Å². The first-order valence-corrected chi connectivity index (χ1v) is 6.81. The highest BCUT2D eigenvalue weighted by molar-refractivity contribution is 6.04. The van der Waals surface area contributed by atoms with Gasteiger partial charge < -0.3 is 10.6 Å². The van der Waals surface area contributed by atoms with Gasteiger partial charge in [0.1, 0.15) is 0 Å². The number of nitrogens with one attached hydrogen (secondary N) is 2. The summed E-state index contributed by atoms with van der Waals surface area (Å²) in [6.07, 6.45) is 3.11. The maximum Gasteiger partial charge on any atom is 0.257 e. The van der Waals surface area contributed by atoms with E-state index in [9.17, 15) is 9.59 Å². The molecule has 2 amide bonds. The number of hydrogen-bond acceptors (Lipinski definition) is 3. The van der Waals surface area contributed by atoms with Gasteiger partial charge in [-0.2, -0.15) is 0 Å². The molecule has 0 saturated heterocycles. The van der Waals surface area contributed by atoms with Crippen LogP contribution in [0.2, 0.25) is 0 Å². The van der Waals surface area contributed by atoms with Crippen molar-refractivity contribution in [3.05, 3.63) is 72.1 Å². The number of rotatable bonds is 5. The lowest BCUT2D eigenvalue weighted by atomic mass is 10.1. The molecule has 0 bridgehead atoms. The average Bonchev–Trinajstić information content (AvgIpc) is 2.54. The third-order valence-electron chi connectivity index (χ3n) is 3.02. The Morgan fingerprint density at radius 1 is 1.18 bits per heavy atom. The van der Waals surface area contributed by atoms with E-state index in [1.807, 2.05) is 18.2 Å². The van der Waals surface area contributed by atoms with Gasteiger partial charge in [0.15, 0.2) is 0 Å². The second-order valence-corrected chi connectivity index (χ2v) is 4.82. The van der Waals surface area contributed by atoms with Crippen LogP contribution >= 0.6 is 0 Å². The topological polar surface area (TPSA) is 71.1 Å². The van der Waals surface area contributed by atoms with Crippen LogP contribution in [0.5, 0.6) is 0 Å². The maximum absolute atomic E-state index is 12.2. The molecular weight excluding hydrogens is 278 g/mol. The predicted octanol–water partition coefficient (Wildman–Crippen LogP) is 2.53. The highest BCUT2D eigenvalue weighted by Crippen LogP contribution is 2.16. The lowest BCUT2D eigenvalue weighted by Gasteiger charge is -2.12. The van der Waals surface area contributed by atoms with Crippen molar-refractivity contribution in [2.75, 3.05) is 5.32 Å². The summed E-state index contributed by atoms with van der Waals surface area (Å²) in [4.78, 5) is 27.6. The number of amides is 2. The molecule has 2 aromatic rings. The minimum atomic E-state index is -0.244. The zero-order chi connectivity index (χ0) is 15.9. The van der Waals surface area contributed by atoms with Gasteiger partial charge in [-0.1, -0.05) is 24.8 Å². The summed E-state index contributed by atoms with van der Waals surface area (Å²) in [6, 6.07) is 10.7. The molecule has 0 radical (unpaired) electrons. The van der Waals surface area contributed by atoms with Gasteiger partial charge >= 0.3 is 0 Å². The first-order valence-electron chi connectivity index (χ1n) is 6.81. The van der Waals surface area contributed by atoms with Crippen molar-refractivity contribution in [1.29, 1.82) is 0 Å². The zero-order valence-electron chi connectivity index (χ0n) is 12.3. The SMILES string of the molecule is C=C(C)C(=O)NCc1ccccc1NC(=O)c1cccnc1. The van der Waals surface area contributed by atoms with Gasteiger partial charge in [-0.15, -0.1) is 0 Å². The number of anilines is 1. The van der Waals surface area contributed by atoms with Crippen LogP contribution in [0.1, 0.15) is 22.8 Å². The van der Waals surface area contributed by atoms with Gasteiger partial charge in [-0.05, 0) is 30.7 Å². The Labute approximate surface area is 129 Å². The van der Waals surface area contributed by atoms with E-state index < -0.39 is 0 Å². The van der Waals surface area contributed by atoms with E-state index in [0.29, 0.717) is 23.4 Å². The summed E-state index contributed by atoms with van der Waals surface area (Å²) in [7, 11) is 0. The maximum atomic E-state index is 12.2. The average molecular weight is 295 g/mol. The largest absolute Gasteiger partial charge is 0.348 e. The van der Waals surface area contributed by atoms with Crippen molar-refractivity contribution in [1.82, 2.24) is 10.3 Å². The molecule has 0 fully saturated rings. The number of pyridine rings is 1. The minimum Gasteiger partial charge on any atom is -0.348 e. The molecule has 5 heteroatoms. The molecule has 0 aliphatic rings. The van der Waals surface area contributed by atoms with Crippen molar-refractivity contribution in [3.63, 3.8) is 0 Å². The highest BCUT2D eigenvalue weighted by Gasteiger charge is 2.09. The Kier molecular flexibility index (Phi) is 5.03. The van der Waals surface area contributed by atoms with Gasteiger partial charge in [-0.3, -0.25) is 14.6 Å². The zero-order valence-corrected chi connectivity index (χ0v) is 12.3. The molecule has 112 valence electrons. The number of para-hydroxylation sites is 1. The summed E-state index contributed by atoms with van der Waals surface area (Å²) >= 11 is 0. The molecule has 0 spiro atoms. The second-order valence-electron chi connectivity index (χ2n) is 4.82. The molecule has 2 rings (SSSR count). The normalized spacial score (nSPS) is 9.86. The quantitative estimate of drug-likeness (QED) is 0.833. The first kappa shape index (κ1) is 15.4. The van der Waals surface area contributed by atoms with Gasteiger partial charge in [0.25, 0.3) is 5.91 Å². The molecule has 5 nitrogen and oxygen atoms in total. The number of carbonyl (C=O) groups excluding carboxylic acids is 2. The fourth-order valence-electron chi connectivity index (χ4n) is 1.81. The van der Waals surface area contributed by atoms with Crippen LogP contribution in [-0.2, 0) is 11.3 Å².